The lowest BCUT2D eigenvalue weighted by Crippen LogP contribution is -2.16. The van der Waals surface area contributed by atoms with Gasteiger partial charge >= 0.3 is 11.9 Å². The molecule has 254 valence electrons. The zero-order chi connectivity index (χ0) is 33.1. The van der Waals surface area contributed by atoms with Crippen LogP contribution in [0.25, 0.3) is 0 Å². The summed E-state index contributed by atoms with van der Waals surface area (Å²) < 4.78 is 41.3. The van der Waals surface area contributed by atoms with Crippen LogP contribution in [0.5, 0.6) is 34.5 Å². The molecule has 0 aliphatic heterocycles. The van der Waals surface area contributed by atoms with Gasteiger partial charge in [0.2, 0.25) is 11.5 Å². The van der Waals surface area contributed by atoms with Crippen LogP contribution in [0.15, 0.2) is 24.3 Å². The van der Waals surface area contributed by atoms with Crippen LogP contribution >= 0.6 is 13.5 Å². The maximum absolute atomic E-state index is 11.8. The van der Waals surface area contributed by atoms with Crippen molar-refractivity contribution in [2.24, 2.45) is 0 Å². The Labute approximate surface area is 272 Å². The van der Waals surface area contributed by atoms with Gasteiger partial charge in [-0.25, -0.2) is 0 Å². The van der Waals surface area contributed by atoms with E-state index >= 15 is 0 Å². The highest BCUT2D eigenvalue weighted by Crippen LogP contribution is 2.41. The van der Waals surface area contributed by atoms with Crippen LogP contribution in [0.1, 0.15) is 50.7 Å². The minimum atomic E-state index is -0.753. The van der Waals surface area contributed by atoms with E-state index < -0.39 is 18.0 Å². The van der Waals surface area contributed by atoms with Gasteiger partial charge in [-0.05, 0) is 56.4 Å². The summed E-state index contributed by atoms with van der Waals surface area (Å²) in [5.41, 5.74) is 1.69. The second kappa shape index (κ2) is 22.6. The summed E-state index contributed by atoms with van der Waals surface area (Å²) in [5, 5.41) is 9.90. The van der Waals surface area contributed by atoms with E-state index in [0.717, 1.165) is 11.1 Å². The summed E-state index contributed by atoms with van der Waals surface area (Å²) in [6.45, 7) is 4.03. The van der Waals surface area contributed by atoms with Crippen molar-refractivity contribution in [2.45, 2.75) is 58.5 Å². The van der Waals surface area contributed by atoms with Crippen molar-refractivity contribution in [3.05, 3.63) is 35.4 Å². The second-order valence-electron chi connectivity index (χ2n) is 9.21. The second-order valence-corrected chi connectivity index (χ2v) is 9.21. The number of ether oxygens (including phenoxy) is 8. The SMILES string of the molecule is CCOC(=O)CC(=O)CCc1ccc(OC)c(OC)c1OC.CCOC(=O)C[C@@H](O)CCc1ccc(OC)c(OC)c1OC.S. The van der Waals surface area contributed by atoms with Gasteiger partial charge in [-0.2, -0.15) is 13.5 Å². The molecule has 2 aromatic rings. The number of aliphatic hydroxyl groups excluding tert-OH is 1. The molecule has 0 aliphatic rings. The molecule has 0 spiro atoms. The van der Waals surface area contributed by atoms with Crippen molar-refractivity contribution >= 4 is 31.2 Å². The highest BCUT2D eigenvalue weighted by atomic mass is 32.1. The number of hydrogen-bond acceptors (Lipinski definition) is 12. The average Bonchev–Trinajstić information content (AvgIpc) is 3.01. The van der Waals surface area contributed by atoms with E-state index in [4.69, 9.17) is 37.9 Å². The first-order valence-corrected chi connectivity index (χ1v) is 14.2. The normalized spacial score (nSPS) is 10.6. The third-order valence-corrected chi connectivity index (χ3v) is 6.35. The zero-order valence-electron chi connectivity index (χ0n) is 27.5. The minimum absolute atomic E-state index is 0. The van der Waals surface area contributed by atoms with Crippen molar-refractivity contribution in [3.63, 3.8) is 0 Å². The Kier molecular flexibility index (Phi) is 20.7. The van der Waals surface area contributed by atoms with Crippen LogP contribution in [-0.4, -0.2) is 84.8 Å². The lowest BCUT2D eigenvalue weighted by Gasteiger charge is -2.16. The van der Waals surface area contributed by atoms with Crippen LogP contribution < -0.4 is 28.4 Å². The molecule has 0 aromatic heterocycles. The number of ketones is 1. The largest absolute Gasteiger partial charge is 0.493 e. The quantitative estimate of drug-likeness (QED) is 0.181. The first-order valence-electron chi connectivity index (χ1n) is 14.2. The third kappa shape index (κ3) is 13.4. The molecule has 0 radical (unpaired) electrons. The molecule has 0 unspecified atom stereocenters. The Bertz CT molecular complexity index is 1200. The predicted octanol–water partition coefficient (Wildman–Crippen LogP) is 4.24. The van der Waals surface area contributed by atoms with Gasteiger partial charge in [0, 0.05) is 6.42 Å². The van der Waals surface area contributed by atoms with Gasteiger partial charge in [-0.3, -0.25) is 14.4 Å². The van der Waals surface area contributed by atoms with Crippen molar-refractivity contribution in [1.82, 2.24) is 0 Å². The van der Waals surface area contributed by atoms with Gasteiger partial charge < -0.3 is 43.0 Å². The number of carbonyl (C=O) groups excluding carboxylic acids is 3. The number of aliphatic hydroxyl groups is 1. The molecular formula is C32H48O12S. The van der Waals surface area contributed by atoms with Crippen LogP contribution in [0, 0.1) is 0 Å². The molecule has 45 heavy (non-hydrogen) atoms. The van der Waals surface area contributed by atoms with Crippen molar-refractivity contribution in [2.75, 3.05) is 55.9 Å². The standard InChI is InChI=1S/C16H24O6.C16H22O6.H2S/c2*1-5-22-14(18)10-12(17)8-6-11-7-9-13(19-2)16(21-4)15(11)20-3;/h7,9,12,17H,5-6,8,10H2,1-4H3;7,9H,5-6,8,10H2,1-4H3;1H2/t12-;;/m0../s1. The molecule has 2 rings (SSSR count). The van der Waals surface area contributed by atoms with Gasteiger partial charge in [-0.1, -0.05) is 12.1 Å². The number of aryl methyl sites for hydroxylation is 2. The molecule has 13 heteroatoms. The Balaban J connectivity index is 0.000000842. The summed E-state index contributed by atoms with van der Waals surface area (Å²) in [6.07, 6.45) is 0.672. The van der Waals surface area contributed by atoms with E-state index in [-0.39, 0.29) is 45.1 Å². The average molecular weight is 657 g/mol. The number of hydrogen-bond donors (Lipinski definition) is 1. The summed E-state index contributed by atoms with van der Waals surface area (Å²) in [5.74, 6) is 2.19. The van der Waals surface area contributed by atoms with E-state index in [1.807, 2.05) is 12.1 Å². The van der Waals surface area contributed by atoms with Crippen LogP contribution in [0.2, 0.25) is 0 Å². The summed E-state index contributed by atoms with van der Waals surface area (Å²) in [7, 11) is 9.24. The maximum Gasteiger partial charge on any atom is 0.313 e. The first kappa shape index (κ1) is 41.2. The maximum atomic E-state index is 11.8. The fourth-order valence-corrected chi connectivity index (χ4v) is 4.29. The molecule has 2 aromatic carbocycles. The molecular weight excluding hydrogens is 608 g/mol. The Morgan fingerprint density at radius 3 is 1.51 bits per heavy atom. The van der Waals surface area contributed by atoms with Crippen LogP contribution in [-0.2, 0) is 36.7 Å². The van der Waals surface area contributed by atoms with Gasteiger partial charge in [0.1, 0.15) is 12.2 Å². The van der Waals surface area contributed by atoms with Gasteiger partial charge in [0.25, 0.3) is 0 Å². The fraction of sp³-hybridized carbons (Fsp3) is 0.531. The molecule has 1 N–H and O–H groups in total. The van der Waals surface area contributed by atoms with Crippen LogP contribution in [0.4, 0.5) is 0 Å². The number of methoxy groups -OCH3 is 6. The van der Waals surface area contributed by atoms with Crippen LogP contribution in [0.3, 0.4) is 0 Å². The van der Waals surface area contributed by atoms with E-state index in [9.17, 15) is 19.5 Å². The van der Waals surface area contributed by atoms with E-state index in [1.54, 1.807) is 54.4 Å². The Morgan fingerprint density at radius 2 is 1.09 bits per heavy atom. The number of rotatable bonds is 18. The molecule has 0 saturated carbocycles. The van der Waals surface area contributed by atoms with Crippen molar-refractivity contribution in [3.8, 4) is 34.5 Å². The number of benzene rings is 2. The molecule has 0 fully saturated rings. The molecule has 0 heterocycles. The number of Topliss-reactive ketones (excluding diaryl/α,β-unsaturated/α-hetero) is 1. The van der Waals surface area contributed by atoms with E-state index in [1.165, 1.54) is 14.2 Å². The number of esters is 2. The lowest BCUT2D eigenvalue weighted by molar-refractivity contribution is -0.146. The highest BCUT2D eigenvalue weighted by Gasteiger charge is 2.19. The van der Waals surface area contributed by atoms with Crippen molar-refractivity contribution in [1.29, 1.82) is 0 Å². The monoisotopic (exact) mass is 656 g/mol. The Morgan fingerprint density at radius 1 is 0.644 bits per heavy atom. The zero-order valence-corrected chi connectivity index (χ0v) is 28.5. The Hall–Kier alpha value is -3.84. The molecule has 0 aliphatic carbocycles. The van der Waals surface area contributed by atoms with Crippen molar-refractivity contribution < 1.29 is 57.4 Å². The topological polar surface area (TPSA) is 145 Å². The van der Waals surface area contributed by atoms with Gasteiger partial charge in [0.15, 0.2) is 23.0 Å². The molecule has 0 amide bonds. The predicted molar refractivity (Wildman–Crippen MR) is 173 cm³/mol. The minimum Gasteiger partial charge on any atom is -0.493 e. The lowest BCUT2D eigenvalue weighted by atomic mass is 10.0. The molecule has 0 saturated heterocycles. The highest BCUT2D eigenvalue weighted by molar-refractivity contribution is 7.59. The van der Waals surface area contributed by atoms with E-state index in [2.05, 4.69) is 0 Å². The molecule has 12 nitrogen and oxygen atoms in total. The third-order valence-electron chi connectivity index (χ3n) is 6.35. The van der Waals surface area contributed by atoms with E-state index in [0.29, 0.717) is 60.4 Å². The van der Waals surface area contributed by atoms with Gasteiger partial charge in [0.05, 0.1) is 68.4 Å². The van der Waals surface area contributed by atoms with Gasteiger partial charge in [-0.15, -0.1) is 0 Å². The smallest absolute Gasteiger partial charge is 0.313 e. The summed E-state index contributed by atoms with van der Waals surface area (Å²) >= 11 is 0. The molecule has 0 bridgehead atoms. The summed E-state index contributed by atoms with van der Waals surface area (Å²) in [6, 6.07) is 7.22. The molecule has 1 atom stereocenters. The number of carbonyl (C=O) groups is 3. The fourth-order valence-electron chi connectivity index (χ4n) is 4.29. The summed E-state index contributed by atoms with van der Waals surface area (Å²) in [4.78, 5) is 34.4. The first-order chi connectivity index (χ1) is 21.1.